The number of phenolic OH excluding ortho intramolecular Hbond substituents is 1. The first-order valence-corrected chi connectivity index (χ1v) is 26.8. The molecule has 4 aromatic rings. The largest absolute Gasteiger partial charge is 0.505 e. The average Bonchev–Trinajstić information content (AvgIpc) is 3.78. The molecule has 2 unspecified atom stereocenters. The smallest absolute Gasteiger partial charge is 0.411 e. The summed E-state index contributed by atoms with van der Waals surface area (Å²) in [7, 11) is -1.46. The van der Waals surface area contributed by atoms with Gasteiger partial charge in [0.2, 0.25) is 5.91 Å². The van der Waals surface area contributed by atoms with Crippen molar-refractivity contribution in [2.75, 3.05) is 32.8 Å². The minimum absolute atomic E-state index is 0.0258. The monoisotopic (exact) mass is 917 g/mol. The predicted octanol–water partition coefficient (Wildman–Crippen LogP) is 9.11. The van der Waals surface area contributed by atoms with Gasteiger partial charge in [0.15, 0.2) is 23.6 Å². The third-order valence-electron chi connectivity index (χ3n) is 12.1. The SMILES string of the molecule is CCc1cc(O)c(F)cc1-c1ccc2c(-c3nc4c(n3COCC[Si](C)(C)C)CN(C(=O)OC(C)(C)C)C(C(=O)N3CCN(C(=O)OC(C)(C)C)C[C@@H]3C)C4)nn(C3CCCCO3)c2c1. The highest BCUT2D eigenvalue weighted by molar-refractivity contribution is 6.76. The van der Waals surface area contributed by atoms with Gasteiger partial charge in [-0.15, -0.1) is 0 Å². The summed E-state index contributed by atoms with van der Waals surface area (Å²) in [6.45, 7) is 23.7. The number of aromatic hydroxyl groups is 1. The Balaban J connectivity index is 1.32. The topological polar surface area (TPSA) is 154 Å². The summed E-state index contributed by atoms with van der Waals surface area (Å²) in [5.41, 5.74) is 3.47. The molecule has 2 aromatic carbocycles. The quantitative estimate of drug-likeness (QED) is 0.120. The van der Waals surface area contributed by atoms with Crippen LogP contribution in [0.4, 0.5) is 14.0 Å². The molecule has 354 valence electrons. The maximum atomic E-state index is 14.9. The van der Waals surface area contributed by atoms with Gasteiger partial charge in [-0.3, -0.25) is 9.69 Å². The van der Waals surface area contributed by atoms with Gasteiger partial charge in [-0.25, -0.2) is 23.6 Å². The molecule has 3 amide bonds. The summed E-state index contributed by atoms with van der Waals surface area (Å²) in [5, 5.41) is 16.3. The Morgan fingerprint density at radius 2 is 1.69 bits per heavy atom. The Bertz CT molecular complexity index is 2410. The number of rotatable bonds is 10. The number of hydrogen-bond acceptors (Lipinski definition) is 10. The van der Waals surface area contributed by atoms with Crippen molar-refractivity contribution in [1.82, 2.24) is 34.0 Å². The summed E-state index contributed by atoms with van der Waals surface area (Å²) in [5.74, 6) is -0.813. The van der Waals surface area contributed by atoms with Crippen molar-refractivity contribution in [3.63, 3.8) is 0 Å². The number of piperazine rings is 1. The number of ether oxygens (including phenoxy) is 4. The zero-order valence-corrected chi connectivity index (χ0v) is 41.1. The number of nitrogens with zero attached hydrogens (tertiary/aromatic N) is 7. The van der Waals surface area contributed by atoms with E-state index in [-0.39, 0.29) is 63.3 Å². The Morgan fingerprint density at radius 3 is 2.34 bits per heavy atom. The number of hydrogen-bond donors (Lipinski definition) is 1. The molecule has 0 aliphatic carbocycles. The van der Waals surface area contributed by atoms with E-state index in [0.29, 0.717) is 48.1 Å². The van der Waals surface area contributed by atoms with E-state index in [1.165, 1.54) is 17.0 Å². The third kappa shape index (κ3) is 10.8. The first-order chi connectivity index (χ1) is 30.5. The Morgan fingerprint density at radius 1 is 0.969 bits per heavy atom. The van der Waals surface area contributed by atoms with E-state index in [4.69, 9.17) is 29.0 Å². The van der Waals surface area contributed by atoms with Crippen molar-refractivity contribution in [2.45, 2.75) is 156 Å². The third-order valence-corrected chi connectivity index (χ3v) is 13.8. The van der Waals surface area contributed by atoms with E-state index in [1.54, 1.807) is 30.6 Å². The van der Waals surface area contributed by atoms with Crippen molar-refractivity contribution >= 4 is 37.1 Å². The lowest BCUT2D eigenvalue weighted by Crippen LogP contribution is -2.61. The highest BCUT2D eigenvalue weighted by Crippen LogP contribution is 2.39. The zero-order valence-electron chi connectivity index (χ0n) is 40.1. The number of fused-ring (bicyclic) bond motifs is 2. The fraction of sp³-hybridized carbons (Fsp3) is 0.604. The van der Waals surface area contributed by atoms with Gasteiger partial charge in [0, 0.05) is 58.8 Å². The molecule has 2 fully saturated rings. The Kier molecular flexibility index (Phi) is 13.8. The average molecular weight is 918 g/mol. The number of imidazole rings is 1. The van der Waals surface area contributed by atoms with Crippen LogP contribution in [0, 0.1) is 5.82 Å². The van der Waals surface area contributed by atoms with Crippen molar-refractivity contribution in [3.05, 3.63) is 53.1 Å². The zero-order chi connectivity index (χ0) is 47.2. The Labute approximate surface area is 383 Å². The lowest BCUT2D eigenvalue weighted by atomic mass is 9.96. The standard InChI is InChI=1S/C48H68FN7O8Si/c1-12-31-24-40(57)35(49)25-34(31)32-16-17-33-37(23-32)56(41-15-13-14-20-62-41)51-42(33)43-50-36-26-38(44(58)53-19-18-52(27-30(53)2)45(59)63-47(3,4)5)54(46(60)64-48(6,7)8)28-39(36)55(43)29-61-21-22-65(9,10)11/h16-17,23-25,30,38,41,57H,12-15,18-22,26-29H2,1-11H3/t30-,38?,41?/m0/s1. The molecule has 2 aromatic heterocycles. The molecule has 3 atom stereocenters. The molecule has 5 heterocycles. The van der Waals surface area contributed by atoms with Crippen molar-refractivity contribution in [1.29, 1.82) is 0 Å². The van der Waals surface area contributed by atoms with Crippen LogP contribution in [-0.2, 0) is 49.9 Å². The number of benzene rings is 2. The number of aryl methyl sites for hydroxylation is 1. The lowest BCUT2D eigenvalue weighted by Gasteiger charge is -2.43. The molecule has 3 aliphatic rings. The summed E-state index contributed by atoms with van der Waals surface area (Å²) >= 11 is 0. The van der Waals surface area contributed by atoms with Gasteiger partial charge in [-0.2, -0.15) is 5.10 Å². The number of carbonyl (C=O) groups is 3. The molecule has 17 heteroatoms. The first kappa shape index (κ1) is 47.9. The number of phenols is 1. The second-order valence-corrected chi connectivity index (χ2v) is 26.5. The summed E-state index contributed by atoms with van der Waals surface area (Å²) in [6.07, 6.45) is 1.95. The molecule has 7 rings (SSSR count). The number of carbonyl (C=O) groups excluding carboxylic acids is 3. The van der Waals surface area contributed by atoms with Crippen LogP contribution in [0.5, 0.6) is 5.75 Å². The van der Waals surface area contributed by atoms with Crippen LogP contribution < -0.4 is 0 Å². The van der Waals surface area contributed by atoms with Gasteiger partial charge < -0.3 is 38.4 Å². The van der Waals surface area contributed by atoms with Crippen molar-refractivity contribution < 1.29 is 42.8 Å². The molecule has 15 nitrogen and oxygen atoms in total. The maximum absolute atomic E-state index is 14.9. The van der Waals surface area contributed by atoms with Crippen LogP contribution in [0.15, 0.2) is 30.3 Å². The highest BCUT2D eigenvalue weighted by Gasteiger charge is 2.44. The van der Waals surface area contributed by atoms with Crippen LogP contribution in [0.3, 0.4) is 0 Å². The highest BCUT2D eigenvalue weighted by atomic mass is 28.3. The van der Waals surface area contributed by atoms with E-state index < -0.39 is 43.3 Å². The van der Waals surface area contributed by atoms with E-state index in [2.05, 4.69) is 19.6 Å². The van der Waals surface area contributed by atoms with Crippen LogP contribution in [-0.4, -0.2) is 121 Å². The van der Waals surface area contributed by atoms with Crippen LogP contribution >= 0.6 is 0 Å². The minimum atomic E-state index is -1.46. The molecule has 0 bridgehead atoms. The van der Waals surface area contributed by atoms with Gasteiger partial charge in [-0.1, -0.05) is 32.6 Å². The number of aromatic nitrogens is 4. The molecule has 0 saturated carbocycles. The van der Waals surface area contributed by atoms with Crippen LogP contribution in [0.2, 0.25) is 25.7 Å². The second-order valence-electron chi connectivity index (χ2n) is 20.9. The fourth-order valence-corrected chi connectivity index (χ4v) is 9.53. The molecule has 65 heavy (non-hydrogen) atoms. The first-order valence-electron chi connectivity index (χ1n) is 23.1. The maximum Gasteiger partial charge on any atom is 0.411 e. The molecule has 1 N–H and O–H groups in total. The Hall–Kier alpha value is -5.00. The minimum Gasteiger partial charge on any atom is -0.505 e. The molecule has 2 saturated heterocycles. The summed E-state index contributed by atoms with van der Waals surface area (Å²) in [4.78, 5) is 52.3. The second kappa shape index (κ2) is 18.7. The van der Waals surface area contributed by atoms with Gasteiger partial charge >= 0.3 is 12.2 Å². The van der Waals surface area contributed by atoms with Gasteiger partial charge in [0.25, 0.3) is 0 Å². The summed E-state index contributed by atoms with van der Waals surface area (Å²) in [6, 6.07) is 8.40. The molecular formula is C48H68FN7O8Si. The molecule has 0 spiro atoms. The normalized spacial score (nSPS) is 19.7. The van der Waals surface area contributed by atoms with Crippen molar-refractivity contribution in [2.24, 2.45) is 0 Å². The van der Waals surface area contributed by atoms with Gasteiger partial charge in [0.05, 0.1) is 23.4 Å². The number of halogens is 1. The molecular weight excluding hydrogens is 850 g/mol. The summed E-state index contributed by atoms with van der Waals surface area (Å²) < 4.78 is 43.2. The van der Waals surface area contributed by atoms with E-state index >= 15 is 0 Å². The lowest BCUT2D eigenvalue weighted by molar-refractivity contribution is -0.142. The number of amides is 3. The van der Waals surface area contributed by atoms with E-state index in [9.17, 15) is 23.9 Å². The van der Waals surface area contributed by atoms with E-state index in [1.807, 2.05) is 62.1 Å². The van der Waals surface area contributed by atoms with Gasteiger partial charge in [0.1, 0.15) is 29.7 Å². The fourth-order valence-electron chi connectivity index (χ4n) is 8.77. The predicted molar refractivity (Wildman–Crippen MR) is 249 cm³/mol. The van der Waals surface area contributed by atoms with Crippen LogP contribution in [0.1, 0.15) is 97.8 Å². The molecule has 0 radical (unpaired) electrons. The molecule has 3 aliphatic heterocycles. The van der Waals surface area contributed by atoms with Crippen molar-refractivity contribution in [3.8, 4) is 28.4 Å². The van der Waals surface area contributed by atoms with E-state index in [0.717, 1.165) is 47.3 Å². The van der Waals surface area contributed by atoms with Crippen LogP contribution in [0.25, 0.3) is 33.5 Å². The van der Waals surface area contributed by atoms with Gasteiger partial charge in [-0.05, 0) is 121 Å².